The van der Waals surface area contributed by atoms with Crippen molar-refractivity contribution in [1.82, 2.24) is 5.32 Å². The van der Waals surface area contributed by atoms with E-state index >= 15 is 0 Å². The molecular formula is C16H21NO3. The highest BCUT2D eigenvalue weighted by atomic mass is 16.4. The lowest BCUT2D eigenvalue weighted by Gasteiger charge is -2.25. The molecule has 0 aromatic heterocycles. The van der Waals surface area contributed by atoms with Crippen molar-refractivity contribution in [2.75, 3.05) is 6.54 Å². The molecule has 1 aromatic carbocycles. The van der Waals surface area contributed by atoms with E-state index in [2.05, 4.69) is 31.3 Å². The summed E-state index contributed by atoms with van der Waals surface area (Å²) in [6.07, 6.45) is 1.35. The van der Waals surface area contributed by atoms with Crippen molar-refractivity contribution in [1.29, 1.82) is 0 Å². The molecule has 4 heteroatoms. The lowest BCUT2D eigenvalue weighted by molar-refractivity contribution is -0.140. The van der Waals surface area contributed by atoms with Gasteiger partial charge in [0.15, 0.2) is 0 Å². The Hall–Kier alpha value is -1.84. The van der Waals surface area contributed by atoms with E-state index in [4.69, 9.17) is 5.11 Å². The van der Waals surface area contributed by atoms with Gasteiger partial charge in [-0.3, -0.25) is 9.59 Å². The summed E-state index contributed by atoms with van der Waals surface area (Å²) in [6.45, 7) is 4.76. The topological polar surface area (TPSA) is 66.4 Å². The molecule has 1 saturated carbocycles. The first-order valence-electron chi connectivity index (χ1n) is 6.93. The molecule has 108 valence electrons. The van der Waals surface area contributed by atoms with Gasteiger partial charge in [-0.05, 0) is 23.8 Å². The predicted molar refractivity (Wildman–Crippen MR) is 76.2 cm³/mol. The predicted octanol–water partition coefficient (Wildman–Crippen LogP) is 2.09. The Balaban J connectivity index is 1.81. The van der Waals surface area contributed by atoms with Gasteiger partial charge in [0, 0.05) is 6.54 Å². The Labute approximate surface area is 119 Å². The number of hydrogen-bond donors (Lipinski definition) is 2. The van der Waals surface area contributed by atoms with Crippen LogP contribution in [-0.4, -0.2) is 23.5 Å². The normalized spacial score (nSPS) is 21.3. The molecule has 2 N–H and O–H groups in total. The zero-order valence-corrected chi connectivity index (χ0v) is 11.9. The van der Waals surface area contributed by atoms with Crippen molar-refractivity contribution in [3.8, 4) is 0 Å². The first kappa shape index (κ1) is 14.6. The smallest absolute Gasteiger partial charge is 0.307 e. The minimum Gasteiger partial charge on any atom is -0.481 e. The summed E-state index contributed by atoms with van der Waals surface area (Å²) in [4.78, 5) is 22.6. The second-order valence-corrected chi connectivity index (χ2v) is 6.33. The highest BCUT2D eigenvalue weighted by Crippen LogP contribution is 2.38. The highest BCUT2D eigenvalue weighted by Gasteiger charge is 2.48. The molecular weight excluding hydrogens is 254 g/mol. The van der Waals surface area contributed by atoms with Crippen LogP contribution in [0.5, 0.6) is 0 Å². The number of carbonyl (C=O) groups is 2. The number of carboxylic acids is 1. The van der Waals surface area contributed by atoms with Crippen LogP contribution >= 0.6 is 0 Å². The summed E-state index contributed by atoms with van der Waals surface area (Å²) in [5.41, 5.74) is 1.19. The molecule has 0 heterocycles. The van der Waals surface area contributed by atoms with Crippen LogP contribution in [0.25, 0.3) is 0 Å². The standard InChI is InChI=1S/C16H21NO3/c1-16(2,9-11-6-4-3-5-7-11)10-17-14(18)12-8-13(12)15(19)20/h3-7,12-13H,8-10H2,1-2H3,(H,17,18)(H,19,20). The van der Waals surface area contributed by atoms with Gasteiger partial charge in [0.05, 0.1) is 11.8 Å². The van der Waals surface area contributed by atoms with Gasteiger partial charge in [-0.25, -0.2) is 0 Å². The third kappa shape index (κ3) is 3.83. The molecule has 0 aliphatic heterocycles. The van der Waals surface area contributed by atoms with Crippen LogP contribution in [0.15, 0.2) is 30.3 Å². The quantitative estimate of drug-likeness (QED) is 0.835. The first-order chi connectivity index (χ1) is 9.39. The van der Waals surface area contributed by atoms with Crippen LogP contribution in [0.3, 0.4) is 0 Å². The fraction of sp³-hybridized carbons (Fsp3) is 0.500. The number of benzene rings is 1. The van der Waals surface area contributed by atoms with Crippen LogP contribution < -0.4 is 5.32 Å². The van der Waals surface area contributed by atoms with Crippen molar-refractivity contribution < 1.29 is 14.7 Å². The largest absolute Gasteiger partial charge is 0.481 e. The van der Waals surface area contributed by atoms with Gasteiger partial charge in [0.2, 0.25) is 5.91 Å². The molecule has 0 saturated heterocycles. The van der Waals surface area contributed by atoms with Gasteiger partial charge < -0.3 is 10.4 Å². The molecule has 1 aliphatic rings. The van der Waals surface area contributed by atoms with Crippen LogP contribution in [0.4, 0.5) is 0 Å². The molecule has 0 bridgehead atoms. The number of carboxylic acid groups (broad SMARTS) is 1. The van der Waals surface area contributed by atoms with E-state index in [0.717, 1.165) is 6.42 Å². The van der Waals surface area contributed by atoms with Crippen LogP contribution in [0.2, 0.25) is 0 Å². The van der Waals surface area contributed by atoms with Crippen molar-refractivity contribution in [2.45, 2.75) is 26.7 Å². The van der Waals surface area contributed by atoms with E-state index in [1.165, 1.54) is 5.56 Å². The summed E-state index contributed by atoms with van der Waals surface area (Å²) in [5, 5.41) is 11.7. The summed E-state index contributed by atoms with van der Waals surface area (Å²) < 4.78 is 0. The van der Waals surface area contributed by atoms with Crippen LogP contribution in [0.1, 0.15) is 25.8 Å². The third-order valence-corrected chi connectivity index (χ3v) is 3.71. The van der Waals surface area contributed by atoms with Crippen LogP contribution in [0, 0.1) is 17.3 Å². The number of carbonyl (C=O) groups excluding carboxylic acids is 1. The van der Waals surface area contributed by atoms with E-state index in [9.17, 15) is 9.59 Å². The lowest BCUT2D eigenvalue weighted by Crippen LogP contribution is -2.36. The van der Waals surface area contributed by atoms with Gasteiger partial charge in [-0.2, -0.15) is 0 Å². The van der Waals surface area contributed by atoms with E-state index in [1.807, 2.05) is 18.2 Å². The fourth-order valence-corrected chi connectivity index (χ4v) is 2.43. The van der Waals surface area contributed by atoms with Crippen LogP contribution in [-0.2, 0) is 16.0 Å². The van der Waals surface area contributed by atoms with Gasteiger partial charge in [0.25, 0.3) is 0 Å². The molecule has 4 nitrogen and oxygen atoms in total. The summed E-state index contributed by atoms with van der Waals surface area (Å²) >= 11 is 0. The first-order valence-corrected chi connectivity index (χ1v) is 6.93. The molecule has 2 rings (SSSR count). The van der Waals surface area contributed by atoms with Crippen molar-refractivity contribution in [3.05, 3.63) is 35.9 Å². The Morgan fingerprint density at radius 2 is 1.90 bits per heavy atom. The Morgan fingerprint density at radius 1 is 1.25 bits per heavy atom. The molecule has 2 unspecified atom stereocenters. The minimum absolute atomic E-state index is 0.0510. The number of aliphatic carboxylic acids is 1. The minimum atomic E-state index is -0.867. The van der Waals surface area contributed by atoms with Gasteiger partial charge in [-0.1, -0.05) is 44.2 Å². The highest BCUT2D eigenvalue weighted by molar-refractivity contribution is 5.89. The molecule has 1 aliphatic carbocycles. The zero-order chi connectivity index (χ0) is 14.8. The molecule has 1 aromatic rings. The van der Waals surface area contributed by atoms with Gasteiger partial charge in [-0.15, -0.1) is 0 Å². The number of amides is 1. The second kappa shape index (κ2) is 5.65. The van der Waals surface area contributed by atoms with Crippen molar-refractivity contribution in [3.63, 3.8) is 0 Å². The van der Waals surface area contributed by atoms with Crippen molar-refractivity contribution in [2.24, 2.45) is 17.3 Å². The second-order valence-electron chi connectivity index (χ2n) is 6.33. The molecule has 1 amide bonds. The van der Waals surface area contributed by atoms with Gasteiger partial charge >= 0.3 is 5.97 Å². The number of hydrogen-bond acceptors (Lipinski definition) is 2. The summed E-state index contributed by atoms with van der Waals surface area (Å²) in [5.74, 6) is -1.81. The van der Waals surface area contributed by atoms with E-state index in [-0.39, 0.29) is 17.2 Å². The molecule has 2 atom stereocenters. The van der Waals surface area contributed by atoms with Gasteiger partial charge in [0.1, 0.15) is 0 Å². The number of nitrogens with one attached hydrogen (secondary N) is 1. The average molecular weight is 275 g/mol. The number of rotatable bonds is 6. The zero-order valence-electron chi connectivity index (χ0n) is 11.9. The molecule has 0 radical (unpaired) electrons. The van der Waals surface area contributed by atoms with E-state index in [1.54, 1.807) is 0 Å². The maximum Gasteiger partial charge on any atom is 0.307 e. The average Bonchev–Trinajstić information content (AvgIpc) is 3.17. The Bertz CT molecular complexity index is 496. The summed E-state index contributed by atoms with van der Waals surface area (Å²) in [6, 6.07) is 10.1. The molecule has 1 fully saturated rings. The maximum absolute atomic E-state index is 11.8. The van der Waals surface area contributed by atoms with E-state index < -0.39 is 11.9 Å². The van der Waals surface area contributed by atoms with Crippen molar-refractivity contribution >= 4 is 11.9 Å². The molecule has 20 heavy (non-hydrogen) atoms. The maximum atomic E-state index is 11.8. The Kier molecular flexibility index (Phi) is 4.12. The monoisotopic (exact) mass is 275 g/mol. The SMILES string of the molecule is CC(C)(CNC(=O)C1CC1C(=O)O)Cc1ccccc1. The van der Waals surface area contributed by atoms with E-state index in [0.29, 0.717) is 13.0 Å². The Morgan fingerprint density at radius 3 is 2.45 bits per heavy atom. The summed E-state index contributed by atoms with van der Waals surface area (Å²) in [7, 11) is 0. The molecule has 0 spiro atoms. The lowest BCUT2D eigenvalue weighted by atomic mass is 9.85. The fourth-order valence-electron chi connectivity index (χ4n) is 2.43. The third-order valence-electron chi connectivity index (χ3n) is 3.71.